The summed E-state index contributed by atoms with van der Waals surface area (Å²) in [6.07, 6.45) is 0. The lowest BCUT2D eigenvalue weighted by molar-refractivity contribution is -0.139. The fourth-order valence-electron chi connectivity index (χ4n) is 3.05. The third-order valence-corrected chi connectivity index (χ3v) is 4.35. The lowest BCUT2D eigenvalue weighted by atomic mass is 9.95. The summed E-state index contributed by atoms with van der Waals surface area (Å²) in [5.74, 6) is -0.883. The van der Waals surface area contributed by atoms with Gasteiger partial charge in [0.05, 0.1) is 6.04 Å². The van der Waals surface area contributed by atoms with Crippen molar-refractivity contribution in [2.45, 2.75) is 19.0 Å². The summed E-state index contributed by atoms with van der Waals surface area (Å²) in [6, 6.07) is 26.5. The number of nitrogens with one attached hydrogen (secondary N) is 1. The SMILES string of the molecule is Cc1ccccc1C(NC(c1ccccc1)c1ccccc1)C(=O)O. The molecule has 0 aliphatic heterocycles. The van der Waals surface area contributed by atoms with Crippen LogP contribution < -0.4 is 5.32 Å². The van der Waals surface area contributed by atoms with Crippen LogP contribution in [0.15, 0.2) is 84.9 Å². The monoisotopic (exact) mass is 331 g/mol. The highest BCUT2D eigenvalue weighted by molar-refractivity contribution is 5.76. The van der Waals surface area contributed by atoms with Gasteiger partial charge >= 0.3 is 5.97 Å². The fourth-order valence-corrected chi connectivity index (χ4v) is 3.05. The average Bonchev–Trinajstić information content (AvgIpc) is 2.65. The van der Waals surface area contributed by atoms with Gasteiger partial charge in [0.15, 0.2) is 0 Å². The first-order valence-electron chi connectivity index (χ1n) is 8.31. The lowest BCUT2D eigenvalue weighted by Gasteiger charge is -2.25. The molecule has 2 N–H and O–H groups in total. The highest BCUT2D eigenvalue weighted by Crippen LogP contribution is 2.27. The van der Waals surface area contributed by atoms with Gasteiger partial charge < -0.3 is 5.11 Å². The molecule has 3 heteroatoms. The van der Waals surface area contributed by atoms with Crippen LogP contribution in [-0.4, -0.2) is 11.1 Å². The molecule has 0 saturated heterocycles. The minimum Gasteiger partial charge on any atom is -0.480 e. The Bertz CT molecular complexity index is 791. The average molecular weight is 331 g/mol. The molecule has 1 unspecified atom stereocenters. The van der Waals surface area contributed by atoms with Crippen LogP contribution in [0, 0.1) is 6.92 Å². The van der Waals surface area contributed by atoms with Crippen LogP contribution in [-0.2, 0) is 4.79 Å². The molecule has 0 spiro atoms. The molecule has 0 aliphatic rings. The molecule has 0 amide bonds. The zero-order chi connectivity index (χ0) is 17.6. The second kappa shape index (κ2) is 7.77. The van der Waals surface area contributed by atoms with E-state index in [9.17, 15) is 9.90 Å². The first-order chi connectivity index (χ1) is 12.2. The zero-order valence-corrected chi connectivity index (χ0v) is 14.1. The van der Waals surface area contributed by atoms with Crippen molar-refractivity contribution < 1.29 is 9.90 Å². The molecular weight excluding hydrogens is 310 g/mol. The molecule has 1 atom stereocenters. The lowest BCUT2D eigenvalue weighted by Crippen LogP contribution is -2.33. The molecule has 126 valence electrons. The van der Waals surface area contributed by atoms with Crippen molar-refractivity contribution in [3.05, 3.63) is 107 Å². The molecule has 3 rings (SSSR count). The maximum absolute atomic E-state index is 12.0. The van der Waals surface area contributed by atoms with Crippen LogP contribution in [0.3, 0.4) is 0 Å². The Kier molecular flexibility index (Phi) is 5.26. The summed E-state index contributed by atoms with van der Waals surface area (Å²) < 4.78 is 0. The Labute approximate surface area is 148 Å². The summed E-state index contributed by atoms with van der Waals surface area (Å²) in [5.41, 5.74) is 3.82. The van der Waals surface area contributed by atoms with E-state index in [1.165, 1.54) is 0 Å². The largest absolute Gasteiger partial charge is 0.480 e. The van der Waals surface area contributed by atoms with Crippen molar-refractivity contribution in [1.29, 1.82) is 0 Å². The van der Waals surface area contributed by atoms with Crippen LogP contribution in [0.25, 0.3) is 0 Å². The maximum atomic E-state index is 12.0. The summed E-state index contributed by atoms with van der Waals surface area (Å²) in [7, 11) is 0. The van der Waals surface area contributed by atoms with Crippen LogP contribution in [0.5, 0.6) is 0 Å². The Balaban J connectivity index is 2.01. The van der Waals surface area contributed by atoms with Gasteiger partial charge in [-0.05, 0) is 29.2 Å². The van der Waals surface area contributed by atoms with E-state index >= 15 is 0 Å². The summed E-state index contributed by atoms with van der Waals surface area (Å²) in [6.45, 7) is 1.94. The van der Waals surface area contributed by atoms with E-state index in [0.717, 1.165) is 22.3 Å². The number of rotatable bonds is 6. The molecule has 0 radical (unpaired) electrons. The van der Waals surface area contributed by atoms with Gasteiger partial charge in [0, 0.05) is 0 Å². The molecule has 3 aromatic rings. The molecule has 0 aliphatic carbocycles. The standard InChI is InChI=1S/C22H21NO2/c1-16-10-8-9-15-19(16)21(22(24)25)23-20(17-11-4-2-5-12-17)18-13-6-3-7-14-18/h2-15,20-21,23H,1H3,(H,24,25). The van der Waals surface area contributed by atoms with E-state index < -0.39 is 12.0 Å². The van der Waals surface area contributed by atoms with E-state index in [4.69, 9.17) is 0 Å². The van der Waals surface area contributed by atoms with Gasteiger partial charge in [-0.2, -0.15) is 0 Å². The smallest absolute Gasteiger partial charge is 0.325 e. The van der Waals surface area contributed by atoms with Gasteiger partial charge in [0.2, 0.25) is 0 Å². The minimum absolute atomic E-state index is 0.205. The molecule has 0 saturated carbocycles. The second-order valence-corrected chi connectivity index (χ2v) is 6.05. The van der Waals surface area contributed by atoms with E-state index in [2.05, 4.69) is 5.32 Å². The van der Waals surface area contributed by atoms with E-state index in [1.54, 1.807) is 0 Å². The number of aliphatic carboxylic acids is 1. The highest BCUT2D eigenvalue weighted by atomic mass is 16.4. The van der Waals surface area contributed by atoms with E-state index in [1.807, 2.05) is 91.9 Å². The molecule has 3 aromatic carbocycles. The van der Waals surface area contributed by atoms with Crippen molar-refractivity contribution in [2.75, 3.05) is 0 Å². The Morgan fingerprint density at radius 1 is 0.800 bits per heavy atom. The van der Waals surface area contributed by atoms with Crippen LogP contribution >= 0.6 is 0 Å². The van der Waals surface area contributed by atoms with Gasteiger partial charge in [0.25, 0.3) is 0 Å². The van der Waals surface area contributed by atoms with Gasteiger partial charge in [0.1, 0.15) is 6.04 Å². The third-order valence-electron chi connectivity index (χ3n) is 4.35. The molecule has 0 heterocycles. The van der Waals surface area contributed by atoms with Gasteiger partial charge in [-0.25, -0.2) is 0 Å². The van der Waals surface area contributed by atoms with Gasteiger partial charge in [-0.1, -0.05) is 84.9 Å². The topological polar surface area (TPSA) is 49.3 Å². The van der Waals surface area contributed by atoms with Crippen molar-refractivity contribution in [1.82, 2.24) is 5.32 Å². The highest BCUT2D eigenvalue weighted by Gasteiger charge is 2.26. The van der Waals surface area contributed by atoms with E-state index in [0.29, 0.717) is 0 Å². The summed E-state index contributed by atoms with van der Waals surface area (Å²) in [5, 5.41) is 13.2. The normalized spacial score (nSPS) is 12.1. The Hall–Kier alpha value is -2.91. The molecular formula is C22H21NO2. The summed E-state index contributed by atoms with van der Waals surface area (Å²) in [4.78, 5) is 12.0. The van der Waals surface area contributed by atoms with Crippen molar-refractivity contribution >= 4 is 5.97 Å². The van der Waals surface area contributed by atoms with Crippen LogP contribution in [0.1, 0.15) is 34.3 Å². The number of hydrogen-bond donors (Lipinski definition) is 2. The first kappa shape index (κ1) is 16.9. The zero-order valence-electron chi connectivity index (χ0n) is 14.1. The fraction of sp³-hybridized carbons (Fsp3) is 0.136. The number of carboxylic acid groups (broad SMARTS) is 1. The maximum Gasteiger partial charge on any atom is 0.325 e. The summed E-state index contributed by atoms with van der Waals surface area (Å²) >= 11 is 0. The molecule has 0 fully saturated rings. The first-order valence-corrected chi connectivity index (χ1v) is 8.31. The molecule has 0 aromatic heterocycles. The quantitative estimate of drug-likeness (QED) is 0.699. The predicted molar refractivity (Wildman–Crippen MR) is 99.4 cm³/mol. The number of benzene rings is 3. The van der Waals surface area contributed by atoms with Gasteiger partial charge in [-0.15, -0.1) is 0 Å². The number of aryl methyl sites for hydroxylation is 1. The molecule has 25 heavy (non-hydrogen) atoms. The van der Waals surface area contributed by atoms with Gasteiger partial charge in [-0.3, -0.25) is 10.1 Å². The van der Waals surface area contributed by atoms with Crippen LogP contribution in [0.2, 0.25) is 0 Å². The van der Waals surface area contributed by atoms with Crippen molar-refractivity contribution in [2.24, 2.45) is 0 Å². The molecule has 3 nitrogen and oxygen atoms in total. The number of hydrogen-bond acceptors (Lipinski definition) is 2. The molecule has 0 bridgehead atoms. The van der Waals surface area contributed by atoms with Crippen LogP contribution in [0.4, 0.5) is 0 Å². The Morgan fingerprint density at radius 3 is 1.76 bits per heavy atom. The van der Waals surface area contributed by atoms with Crippen molar-refractivity contribution in [3.63, 3.8) is 0 Å². The third kappa shape index (κ3) is 3.95. The Morgan fingerprint density at radius 2 is 1.28 bits per heavy atom. The second-order valence-electron chi connectivity index (χ2n) is 6.05. The van der Waals surface area contributed by atoms with E-state index in [-0.39, 0.29) is 6.04 Å². The number of carbonyl (C=O) groups is 1. The predicted octanol–water partition coefficient (Wildman–Crippen LogP) is 4.50. The number of carboxylic acids is 1. The van der Waals surface area contributed by atoms with Crippen molar-refractivity contribution in [3.8, 4) is 0 Å². The minimum atomic E-state index is -0.883.